The van der Waals surface area contributed by atoms with E-state index in [0.717, 1.165) is 0 Å². The zero-order valence-electron chi connectivity index (χ0n) is 9.87. The normalized spacial score (nSPS) is 12.3. The summed E-state index contributed by atoms with van der Waals surface area (Å²) in [6, 6.07) is 3.03. The molecule has 1 unspecified atom stereocenters. The highest BCUT2D eigenvalue weighted by atomic mass is 16.4. The van der Waals surface area contributed by atoms with E-state index in [2.05, 4.69) is 9.97 Å². The molecule has 6 N–H and O–H groups in total. The van der Waals surface area contributed by atoms with Crippen LogP contribution in [-0.2, 0) is 11.2 Å². The molecule has 1 atom stereocenters. The predicted molar refractivity (Wildman–Crippen MR) is 66.7 cm³/mol. The van der Waals surface area contributed by atoms with Crippen LogP contribution in [0.1, 0.15) is 5.69 Å². The van der Waals surface area contributed by atoms with Gasteiger partial charge in [-0.15, -0.1) is 0 Å². The molecule has 0 radical (unpaired) electrons. The third kappa shape index (κ3) is 2.83. The van der Waals surface area contributed by atoms with Crippen LogP contribution in [0.15, 0.2) is 24.4 Å². The molecule has 0 aliphatic rings. The van der Waals surface area contributed by atoms with E-state index in [1.54, 1.807) is 0 Å². The molecule has 0 spiro atoms. The third-order valence-corrected chi connectivity index (χ3v) is 2.62. The topological polar surface area (TPSA) is 132 Å². The molecule has 0 bridgehead atoms. The van der Waals surface area contributed by atoms with Crippen LogP contribution < -0.4 is 5.73 Å². The number of nitrogens with two attached hydrogens (primary N) is 1. The third-order valence-electron chi connectivity index (χ3n) is 2.62. The molecule has 100 valence electrons. The van der Waals surface area contributed by atoms with Crippen molar-refractivity contribution >= 4 is 5.97 Å². The van der Waals surface area contributed by atoms with Crippen molar-refractivity contribution in [3.8, 4) is 22.9 Å². The first kappa shape index (κ1) is 12.9. The summed E-state index contributed by atoms with van der Waals surface area (Å²) in [4.78, 5) is 17.5. The van der Waals surface area contributed by atoms with Crippen LogP contribution in [0.4, 0.5) is 0 Å². The molecule has 0 fully saturated rings. The second-order valence-electron chi connectivity index (χ2n) is 4.11. The van der Waals surface area contributed by atoms with Gasteiger partial charge in [0.1, 0.15) is 23.4 Å². The lowest BCUT2D eigenvalue weighted by atomic mass is 10.1. The van der Waals surface area contributed by atoms with E-state index in [9.17, 15) is 15.0 Å². The van der Waals surface area contributed by atoms with Crippen molar-refractivity contribution in [3.63, 3.8) is 0 Å². The molecule has 0 saturated heterocycles. The number of phenolic OH excluding ortho intramolecular Hbond substituents is 2. The molecule has 2 aromatic rings. The van der Waals surface area contributed by atoms with E-state index >= 15 is 0 Å². The lowest BCUT2D eigenvalue weighted by Gasteiger charge is -2.04. The summed E-state index contributed by atoms with van der Waals surface area (Å²) in [7, 11) is 0. The Balaban J connectivity index is 2.26. The van der Waals surface area contributed by atoms with Crippen LogP contribution in [-0.4, -0.2) is 37.3 Å². The molecule has 7 heteroatoms. The minimum atomic E-state index is -1.10. The highest BCUT2D eigenvalue weighted by Crippen LogP contribution is 2.30. The zero-order valence-corrected chi connectivity index (χ0v) is 9.87. The number of aliphatic carboxylic acids is 1. The highest BCUT2D eigenvalue weighted by Gasteiger charge is 2.15. The lowest BCUT2D eigenvalue weighted by Crippen LogP contribution is -2.32. The van der Waals surface area contributed by atoms with Crippen LogP contribution in [0.2, 0.25) is 0 Å². The smallest absolute Gasteiger partial charge is 0.320 e. The van der Waals surface area contributed by atoms with E-state index in [0.29, 0.717) is 17.1 Å². The average molecular weight is 263 g/mol. The zero-order chi connectivity index (χ0) is 14.0. The van der Waals surface area contributed by atoms with Gasteiger partial charge in [-0.3, -0.25) is 4.79 Å². The summed E-state index contributed by atoms with van der Waals surface area (Å²) in [6.07, 6.45) is 1.55. The van der Waals surface area contributed by atoms with Crippen LogP contribution in [0.25, 0.3) is 11.4 Å². The van der Waals surface area contributed by atoms with Crippen molar-refractivity contribution in [3.05, 3.63) is 30.1 Å². The number of benzene rings is 1. The Hall–Kier alpha value is -2.54. The maximum Gasteiger partial charge on any atom is 0.320 e. The Labute approximate surface area is 108 Å². The van der Waals surface area contributed by atoms with E-state index in [-0.39, 0.29) is 17.9 Å². The van der Waals surface area contributed by atoms with Crippen LogP contribution in [0, 0.1) is 0 Å². The monoisotopic (exact) mass is 263 g/mol. The quantitative estimate of drug-likeness (QED) is 0.508. The number of aromatic nitrogens is 2. The number of nitrogens with one attached hydrogen (secondary N) is 1. The number of carboxylic acid groups (broad SMARTS) is 1. The standard InChI is InChI=1S/C12H13N3O4/c13-9(12(18)19)3-6-5-14-11(15-6)8-4-7(16)1-2-10(8)17/h1-2,4-5,9,16-17H,3,13H2,(H,14,15)(H,18,19). The Morgan fingerprint density at radius 1 is 1.42 bits per heavy atom. The number of aromatic amines is 1. The van der Waals surface area contributed by atoms with Gasteiger partial charge < -0.3 is 26.0 Å². The first-order valence-corrected chi connectivity index (χ1v) is 5.52. The van der Waals surface area contributed by atoms with Crippen LogP contribution in [0.3, 0.4) is 0 Å². The van der Waals surface area contributed by atoms with Gasteiger partial charge in [-0.25, -0.2) is 4.98 Å². The minimum Gasteiger partial charge on any atom is -0.508 e. The van der Waals surface area contributed by atoms with Crippen molar-refractivity contribution in [2.45, 2.75) is 12.5 Å². The fourth-order valence-electron chi connectivity index (χ4n) is 1.64. The molecule has 2 rings (SSSR count). The highest BCUT2D eigenvalue weighted by molar-refractivity contribution is 5.73. The fourth-order valence-corrected chi connectivity index (χ4v) is 1.64. The van der Waals surface area contributed by atoms with Gasteiger partial charge in [-0.1, -0.05) is 0 Å². The number of carbonyl (C=O) groups is 1. The Kier molecular flexibility index (Phi) is 3.39. The molecule has 0 saturated carbocycles. The lowest BCUT2D eigenvalue weighted by molar-refractivity contribution is -0.138. The molecule has 0 aliphatic heterocycles. The van der Waals surface area contributed by atoms with Gasteiger partial charge in [0.25, 0.3) is 0 Å². The van der Waals surface area contributed by atoms with Gasteiger partial charge in [0, 0.05) is 18.3 Å². The molecular weight excluding hydrogens is 250 g/mol. The molecular formula is C12H13N3O4. The number of aromatic hydroxyl groups is 2. The number of H-pyrrole nitrogens is 1. The molecule has 7 nitrogen and oxygen atoms in total. The number of hydrogen-bond donors (Lipinski definition) is 5. The first-order valence-electron chi connectivity index (χ1n) is 5.52. The maximum atomic E-state index is 10.6. The summed E-state index contributed by atoms with van der Waals surface area (Å²) >= 11 is 0. The summed E-state index contributed by atoms with van der Waals surface area (Å²) < 4.78 is 0. The average Bonchev–Trinajstić information content (AvgIpc) is 2.80. The van der Waals surface area contributed by atoms with Gasteiger partial charge in [0.15, 0.2) is 0 Å². The Morgan fingerprint density at radius 3 is 2.84 bits per heavy atom. The molecule has 0 aliphatic carbocycles. The van der Waals surface area contributed by atoms with Crippen molar-refractivity contribution in [1.29, 1.82) is 0 Å². The molecule has 19 heavy (non-hydrogen) atoms. The van der Waals surface area contributed by atoms with Gasteiger partial charge in [0.2, 0.25) is 0 Å². The van der Waals surface area contributed by atoms with E-state index in [4.69, 9.17) is 10.8 Å². The Bertz CT molecular complexity index is 609. The van der Waals surface area contributed by atoms with Gasteiger partial charge in [-0.05, 0) is 18.2 Å². The minimum absolute atomic E-state index is 0.00649. The summed E-state index contributed by atoms with van der Waals surface area (Å²) in [5.74, 6) is -0.813. The summed E-state index contributed by atoms with van der Waals surface area (Å²) in [5, 5.41) is 27.8. The second kappa shape index (κ2) is 4.99. The summed E-state index contributed by atoms with van der Waals surface area (Å²) in [5.41, 5.74) is 6.28. The van der Waals surface area contributed by atoms with Crippen LogP contribution in [0.5, 0.6) is 11.5 Å². The van der Waals surface area contributed by atoms with E-state index in [1.165, 1.54) is 24.4 Å². The molecule has 1 heterocycles. The van der Waals surface area contributed by atoms with Gasteiger partial charge in [-0.2, -0.15) is 0 Å². The number of hydrogen-bond acceptors (Lipinski definition) is 5. The second-order valence-corrected chi connectivity index (χ2v) is 4.11. The largest absolute Gasteiger partial charge is 0.508 e. The Morgan fingerprint density at radius 2 is 2.16 bits per heavy atom. The molecule has 0 amide bonds. The first-order chi connectivity index (χ1) is 8.97. The SMILES string of the molecule is NC(Cc1cnc(-c2cc(O)ccc2O)[nH]1)C(=O)O. The number of rotatable bonds is 4. The number of phenols is 2. The van der Waals surface area contributed by atoms with E-state index < -0.39 is 12.0 Å². The van der Waals surface area contributed by atoms with Crippen molar-refractivity contribution < 1.29 is 20.1 Å². The maximum absolute atomic E-state index is 10.6. The number of imidazole rings is 1. The van der Waals surface area contributed by atoms with Crippen molar-refractivity contribution in [2.24, 2.45) is 5.73 Å². The predicted octanol–water partition coefficient (Wildman–Crippen LogP) is 0.442. The fraction of sp³-hybridized carbons (Fsp3) is 0.167. The molecule has 1 aromatic carbocycles. The number of carboxylic acids is 1. The van der Waals surface area contributed by atoms with Crippen molar-refractivity contribution in [1.82, 2.24) is 9.97 Å². The molecule has 1 aromatic heterocycles. The van der Waals surface area contributed by atoms with Crippen molar-refractivity contribution in [2.75, 3.05) is 0 Å². The summed E-state index contributed by atoms with van der Waals surface area (Å²) in [6.45, 7) is 0. The van der Waals surface area contributed by atoms with E-state index in [1.807, 2.05) is 0 Å². The van der Waals surface area contributed by atoms with Gasteiger partial charge in [0.05, 0.1) is 5.56 Å². The number of nitrogens with zero attached hydrogens (tertiary/aromatic N) is 1. The van der Waals surface area contributed by atoms with Crippen LogP contribution >= 0.6 is 0 Å². The van der Waals surface area contributed by atoms with Gasteiger partial charge >= 0.3 is 5.97 Å².